The molecule has 0 aromatic carbocycles. The van der Waals surface area contributed by atoms with Gasteiger partial charge in [-0.2, -0.15) is 12.6 Å². The van der Waals surface area contributed by atoms with Gasteiger partial charge in [-0.25, -0.2) is 0 Å². The van der Waals surface area contributed by atoms with Crippen molar-refractivity contribution in [1.29, 1.82) is 0 Å². The van der Waals surface area contributed by atoms with E-state index < -0.39 is 5.97 Å². The maximum absolute atomic E-state index is 11.0. The van der Waals surface area contributed by atoms with Crippen molar-refractivity contribution in [2.75, 3.05) is 6.54 Å². The molecular formula is C9H17NO3S. The van der Waals surface area contributed by atoms with E-state index in [1.54, 1.807) is 0 Å². The zero-order chi connectivity index (χ0) is 11.2. The van der Waals surface area contributed by atoms with Crippen LogP contribution in [0.3, 0.4) is 0 Å². The van der Waals surface area contributed by atoms with Gasteiger partial charge in [-0.05, 0) is 6.42 Å². The van der Waals surface area contributed by atoms with E-state index in [0.717, 1.165) is 6.42 Å². The number of thiol groups is 1. The third-order valence-electron chi connectivity index (χ3n) is 1.62. The molecule has 4 nitrogen and oxygen atoms in total. The molecule has 0 aromatic rings. The maximum Gasteiger partial charge on any atom is 0.303 e. The number of amides is 1. The van der Waals surface area contributed by atoms with Crippen LogP contribution in [0.4, 0.5) is 0 Å². The first kappa shape index (κ1) is 13.3. The fourth-order valence-electron chi connectivity index (χ4n) is 0.817. The second kappa shape index (κ2) is 5.90. The molecule has 0 unspecified atom stereocenters. The van der Waals surface area contributed by atoms with E-state index in [4.69, 9.17) is 5.11 Å². The summed E-state index contributed by atoms with van der Waals surface area (Å²) in [7, 11) is 0. The molecule has 0 atom stereocenters. The quantitative estimate of drug-likeness (QED) is 0.585. The monoisotopic (exact) mass is 219 g/mol. The van der Waals surface area contributed by atoms with E-state index in [1.165, 1.54) is 0 Å². The molecule has 0 rings (SSSR count). The Bertz CT molecular complexity index is 211. The molecule has 82 valence electrons. The number of rotatable bonds is 6. The van der Waals surface area contributed by atoms with Crippen LogP contribution in [0.1, 0.15) is 33.1 Å². The van der Waals surface area contributed by atoms with Gasteiger partial charge in [-0.15, -0.1) is 0 Å². The number of hydrogen-bond donors (Lipinski definition) is 3. The number of nitrogens with one attached hydrogen (secondary N) is 1. The molecule has 0 radical (unpaired) electrons. The Morgan fingerprint density at radius 1 is 1.36 bits per heavy atom. The third-order valence-corrected chi connectivity index (χ3v) is 1.85. The summed E-state index contributed by atoms with van der Waals surface area (Å²) in [4.78, 5) is 21.2. The molecule has 0 aromatic heterocycles. The SMILES string of the molecule is CC(C)(S)CCNC(=O)CCC(=O)O. The normalized spacial score (nSPS) is 11.1. The van der Waals surface area contributed by atoms with Gasteiger partial charge >= 0.3 is 5.97 Å². The fraction of sp³-hybridized carbons (Fsp3) is 0.778. The number of carboxylic acid groups (broad SMARTS) is 1. The summed E-state index contributed by atoms with van der Waals surface area (Å²) in [6, 6.07) is 0. The van der Waals surface area contributed by atoms with Crippen LogP contribution < -0.4 is 5.32 Å². The average molecular weight is 219 g/mol. The van der Waals surface area contributed by atoms with Crippen LogP contribution in [0, 0.1) is 0 Å². The predicted molar refractivity (Wildman–Crippen MR) is 57.6 cm³/mol. The Labute approximate surface area is 89.5 Å². The number of carbonyl (C=O) groups is 2. The summed E-state index contributed by atoms with van der Waals surface area (Å²) in [5.41, 5.74) is 0. The molecule has 0 fully saturated rings. The molecule has 2 N–H and O–H groups in total. The summed E-state index contributed by atoms with van der Waals surface area (Å²) in [5.74, 6) is -1.17. The van der Waals surface area contributed by atoms with Gasteiger partial charge in [0.25, 0.3) is 0 Å². The van der Waals surface area contributed by atoms with Crippen LogP contribution in [-0.4, -0.2) is 28.3 Å². The molecule has 0 heterocycles. The van der Waals surface area contributed by atoms with Crippen molar-refractivity contribution in [3.05, 3.63) is 0 Å². The Morgan fingerprint density at radius 2 is 1.93 bits per heavy atom. The molecule has 5 heteroatoms. The molecule has 1 amide bonds. The van der Waals surface area contributed by atoms with Crippen molar-refractivity contribution in [2.24, 2.45) is 0 Å². The van der Waals surface area contributed by atoms with Crippen molar-refractivity contribution in [2.45, 2.75) is 37.9 Å². The predicted octanol–water partition coefficient (Wildman–Crippen LogP) is 1.07. The lowest BCUT2D eigenvalue weighted by atomic mass is 10.1. The van der Waals surface area contributed by atoms with Gasteiger partial charge in [0.1, 0.15) is 0 Å². The van der Waals surface area contributed by atoms with Crippen molar-refractivity contribution in [1.82, 2.24) is 5.32 Å². The largest absolute Gasteiger partial charge is 0.481 e. The Balaban J connectivity index is 3.50. The summed E-state index contributed by atoms with van der Waals surface area (Å²) < 4.78 is -0.111. The maximum atomic E-state index is 11.0. The van der Waals surface area contributed by atoms with E-state index in [1.807, 2.05) is 13.8 Å². The minimum Gasteiger partial charge on any atom is -0.481 e. The minimum atomic E-state index is -0.949. The van der Waals surface area contributed by atoms with E-state index in [9.17, 15) is 9.59 Å². The Morgan fingerprint density at radius 3 is 2.36 bits per heavy atom. The summed E-state index contributed by atoms with van der Waals surface area (Å²) >= 11 is 4.30. The van der Waals surface area contributed by atoms with Crippen LogP contribution >= 0.6 is 12.6 Å². The van der Waals surface area contributed by atoms with Gasteiger partial charge in [0.05, 0.1) is 6.42 Å². The number of carboxylic acids is 1. The topological polar surface area (TPSA) is 66.4 Å². The molecular weight excluding hydrogens is 202 g/mol. The van der Waals surface area contributed by atoms with E-state index in [0.29, 0.717) is 6.54 Å². The number of hydrogen-bond acceptors (Lipinski definition) is 3. The van der Waals surface area contributed by atoms with Crippen LogP contribution in [0.5, 0.6) is 0 Å². The zero-order valence-electron chi connectivity index (χ0n) is 8.54. The molecule has 0 saturated heterocycles. The lowest BCUT2D eigenvalue weighted by Crippen LogP contribution is -2.28. The molecule has 0 saturated carbocycles. The van der Waals surface area contributed by atoms with E-state index in [-0.39, 0.29) is 23.5 Å². The summed E-state index contributed by atoms with van der Waals surface area (Å²) in [5, 5.41) is 11.0. The van der Waals surface area contributed by atoms with Crippen molar-refractivity contribution >= 4 is 24.5 Å². The van der Waals surface area contributed by atoms with E-state index in [2.05, 4.69) is 17.9 Å². The Hall–Kier alpha value is -0.710. The highest BCUT2D eigenvalue weighted by Gasteiger charge is 2.11. The van der Waals surface area contributed by atoms with Crippen LogP contribution in [0.2, 0.25) is 0 Å². The van der Waals surface area contributed by atoms with Gasteiger partial charge in [0, 0.05) is 17.7 Å². The fourth-order valence-corrected chi connectivity index (χ4v) is 0.928. The second-order valence-electron chi connectivity index (χ2n) is 3.81. The molecule has 14 heavy (non-hydrogen) atoms. The minimum absolute atomic E-state index is 0.0440. The van der Waals surface area contributed by atoms with Crippen LogP contribution in [0.25, 0.3) is 0 Å². The van der Waals surface area contributed by atoms with Crippen molar-refractivity contribution in [3.8, 4) is 0 Å². The second-order valence-corrected chi connectivity index (χ2v) is 5.02. The average Bonchev–Trinajstić information content (AvgIpc) is 1.98. The first-order chi connectivity index (χ1) is 6.31. The molecule has 0 aliphatic rings. The number of carbonyl (C=O) groups excluding carboxylic acids is 1. The van der Waals surface area contributed by atoms with Gasteiger partial charge in [-0.3, -0.25) is 9.59 Å². The molecule has 0 bridgehead atoms. The highest BCUT2D eigenvalue weighted by atomic mass is 32.1. The van der Waals surface area contributed by atoms with Gasteiger partial charge in [-0.1, -0.05) is 13.8 Å². The third kappa shape index (κ3) is 9.38. The molecule has 0 spiro atoms. The van der Waals surface area contributed by atoms with Gasteiger partial charge in [0.15, 0.2) is 0 Å². The Kier molecular flexibility index (Phi) is 5.60. The summed E-state index contributed by atoms with van der Waals surface area (Å²) in [6.07, 6.45) is 0.688. The van der Waals surface area contributed by atoms with Crippen LogP contribution in [-0.2, 0) is 9.59 Å². The first-order valence-corrected chi connectivity index (χ1v) is 4.97. The van der Waals surface area contributed by atoms with E-state index >= 15 is 0 Å². The lowest BCUT2D eigenvalue weighted by molar-refractivity contribution is -0.138. The number of aliphatic carboxylic acids is 1. The molecule has 0 aliphatic heterocycles. The highest BCUT2D eigenvalue weighted by Crippen LogP contribution is 2.15. The van der Waals surface area contributed by atoms with Gasteiger partial charge < -0.3 is 10.4 Å². The molecule has 0 aliphatic carbocycles. The first-order valence-electron chi connectivity index (χ1n) is 4.52. The standard InChI is InChI=1S/C9H17NO3S/c1-9(2,14)5-6-10-7(11)3-4-8(12)13/h14H,3-6H2,1-2H3,(H,10,11)(H,12,13). The van der Waals surface area contributed by atoms with Gasteiger partial charge in [0.2, 0.25) is 5.91 Å². The highest BCUT2D eigenvalue weighted by molar-refractivity contribution is 7.81. The van der Waals surface area contributed by atoms with Crippen LogP contribution in [0.15, 0.2) is 0 Å². The smallest absolute Gasteiger partial charge is 0.303 e. The summed E-state index contributed by atoms with van der Waals surface area (Å²) in [6.45, 7) is 4.45. The zero-order valence-corrected chi connectivity index (χ0v) is 9.43. The van der Waals surface area contributed by atoms with Crippen molar-refractivity contribution in [3.63, 3.8) is 0 Å². The lowest BCUT2D eigenvalue weighted by Gasteiger charge is -2.16. The van der Waals surface area contributed by atoms with Crippen molar-refractivity contribution < 1.29 is 14.7 Å².